The van der Waals surface area contributed by atoms with Gasteiger partial charge in [0.1, 0.15) is 5.00 Å². The third kappa shape index (κ3) is 6.53. The Kier molecular flexibility index (Phi) is 8.98. The zero-order valence-electron chi connectivity index (χ0n) is 20.2. The van der Waals surface area contributed by atoms with E-state index >= 15 is 0 Å². The summed E-state index contributed by atoms with van der Waals surface area (Å²) in [5.41, 5.74) is 1.94. The number of benzene rings is 1. The number of piperazine rings is 1. The highest BCUT2D eigenvalue weighted by Crippen LogP contribution is 2.34. The monoisotopic (exact) mass is 484 g/mol. The predicted molar refractivity (Wildman–Crippen MR) is 135 cm³/mol. The molecule has 0 aliphatic carbocycles. The molecule has 9 heteroatoms. The number of esters is 1. The zero-order valence-corrected chi connectivity index (χ0v) is 21.0. The molecule has 182 valence electrons. The van der Waals surface area contributed by atoms with E-state index in [1.165, 1.54) is 17.6 Å². The molecule has 0 atom stereocenters. The molecule has 2 aromatic rings. The van der Waals surface area contributed by atoms with Gasteiger partial charge in [0.25, 0.3) is 5.91 Å². The van der Waals surface area contributed by atoms with Crippen LogP contribution >= 0.6 is 11.3 Å². The normalized spacial score (nSPS) is 14.8. The van der Waals surface area contributed by atoms with Gasteiger partial charge in [-0.15, -0.1) is 11.3 Å². The Morgan fingerprint density at radius 1 is 1.09 bits per heavy atom. The molecule has 1 aromatic heterocycles. The lowest BCUT2D eigenvalue weighted by Gasteiger charge is -2.33. The van der Waals surface area contributed by atoms with Crippen LogP contribution in [0.25, 0.3) is 6.08 Å². The number of nitrogens with one attached hydrogen (secondary N) is 1. The Labute approximate surface area is 204 Å². The van der Waals surface area contributed by atoms with E-state index in [0.29, 0.717) is 15.4 Å². The lowest BCUT2D eigenvalue weighted by molar-refractivity contribution is -0.117. The standard InChI is InChI=1S/C25H32N4O4S/c1-18-21(25(32)33-4)23(34-22(18)24(31)27(2)3)26-20(30)17-29-15-13-28(14-16-29)12-8-11-19-9-6-5-7-10-19/h5-11H,12-17H2,1-4H3,(H,26,30)/b11-8+. The van der Waals surface area contributed by atoms with Gasteiger partial charge in [-0.3, -0.25) is 19.4 Å². The molecule has 1 saturated heterocycles. The van der Waals surface area contributed by atoms with Gasteiger partial charge in [-0.05, 0) is 18.1 Å². The third-order valence-corrected chi connectivity index (χ3v) is 6.89. The van der Waals surface area contributed by atoms with Crippen molar-refractivity contribution < 1.29 is 19.1 Å². The van der Waals surface area contributed by atoms with E-state index in [2.05, 4.69) is 39.4 Å². The van der Waals surface area contributed by atoms with Crippen molar-refractivity contribution in [2.75, 3.05) is 65.8 Å². The molecule has 2 heterocycles. The van der Waals surface area contributed by atoms with Crippen LogP contribution in [0.3, 0.4) is 0 Å². The molecule has 0 unspecified atom stereocenters. The van der Waals surface area contributed by atoms with Gasteiger partial charge in [-0.25, -0.2) is 4.79 Å². The summed E-state index contributed by atoms with van der Waals surface area (Å²) in [6, 6.07) is 10.2. The topological polar surface area (TPSA) is 82.2 Å². The third-order valence-electron chi connectivity index (χ3n) is 5.70. The number of thiophene rings is 1. The molecule has 1 aromatic carbocycles. The van der Waals surface area contributed by atoms with Gasteiger partial charge in [0.2, 0.25) is 5.91 Å². The maximum atomic E-state index is 12.8. The maximum Gasteiger partial charge on any atom is 0.341 e. The minimum absolute atomic E-state index is 0.215. The molecule has 3 rings (SSSR count). The van der Waals surface area contributed by atoms with Crippen LogP contribution in [0.5, 0.6) is 0 Å². The number of anilines is 1. The number of carbonyl (C=O) groups is 3. The van der Waals surface area contributed by atoms with Gasteiger partial charge in [0.05, 0.1) is 24.1 Å². The lowest BCUT2D eigenvalue weighted by atomic mass is 10.1. The highest BCUT2D eigenvalue weighted by Gasteiger charge is 2.27. The molecular formula is C25H32N4O4S. The summed E-state index contributed by atoms with van der Waals surface area (Å²) >= 11 is 1.11. The first-order valence-corrected chi connectivity index (χ1v) is 12.0. The van der Waals surface area contributed by atoms with Crippen molar-refractivity contribution in [2.24, 2.45) is 0 Å². The van der Waals surface area contributed by atoms with Crippen LogP contribution in [0.15, 0.2) is 36.4 Å². The second kappa shape index (κ2) is 11.9. The van der Waals surface area contributed by atoms with Gasteiger partial charge < -0.3 is 15.0 Å². The summed E-state index contributed by atoms with van der Waals surface area (Å²) in [6.45, 7) is 6.10. The van der Waals surface area contributed by atoms with E-state index in [1.807, 2.05) is 18.2 Å². The SMILES string of the molecule is COC(=O)c1c(NC(=O)CN2CCN(C/C=C/c3ccccc3)CC2)sc(C(=O)N(C)C)c1C. The van der Waals surface area contributed by atoms with Crippen molar-refractivity contribution in [2.45, 2.75) is 6.92 Å². The summed E-state index contributed by atoms with van der Waals surface area (Å²) in [5, 5.41) is 3.18. The van der Waals surface area contributed by atoms with E-state index in [4.69, 9.17) is 4.74 Å². The smallest absolute Gasteiger partial charge is 0.341 e. The molecule has 2 amide bonds. The second-order valence-electron chi connectivity index (χ2n) is 8.39. The molecule has 0 spiro atoms. The highest BCUT2D eigenvalue weighted by atomic mass is 32.1. The largest absolute Gasteiger partial charge is 0.465 e. The second-order valence-corrected chi connectivity index (χ2v) is 9.41. The van der Waals surface area contributed by atoms with Crippen molar-refractivity contribution in [1.29, 1.82) is 0 Å². The lowest BCUT2D eigenvalue weighted by Crippen LogP contribution is -2.48. The highest BCUT2D eigenvalue weighted by molar-refractivity contribution is 7.18. The number of carbonyl (C=O) groups excluding carboxylic acids is 3. The van der Waals surface area contributed by atoms with Crippen LogP contribution in [-0.4, -0.2) is 93.0 Å². The van der Waals surface area contributed by atoms with Crippen LogP contribution in [-0.2, 0) is 9.53 Å². The van der Waals surface area contributed by atoms with Gasteiger partial charge in [-0.2, -0.15) is 0 Å². The molecule has 1 fully saturated rings. The van der Waals surface area contributed by atoms with Crippen molar-refractivity contribution in [3.8, 4) is 0 Å². The summed E-state index contributed by atoms with van der Waals surface area (Å²) in [6.07, 6.45) is 4.29. The van der Waals surface area contributed by atoms with Gasteiger partial charge >= 0.3 is 5.97 Å². The van der Waals surface area contributed by atoms with Gasteiger partial charge in [0.15, 0.2) is 0 Å². The molecule has 1 N–H and O–H groups in total. The van der Waals surface area contributed by atoms with Crippen LogP contribution in [0.2, 0.25) is 0 Å². The molecule has 8 nitrogen and oxygen atoms in total. The summed E-state index contributed by atoms with van der Waals surface area (Å²) in [5.74, 6) is -1.00. The van der Waals surface area contributed by atoms with Crippen LogP contribution in [0.1, 0.15) is 31.2 Å². The Morgan fingerprint density at radius 3 is 2.35 bits per heavy atom. The number of amides is 2. The maximum absolute atomic E-state index is 12.8. The Hall–Kier alpha value is -3.01. The van der Waals surface area contributed by atoms with Crippen molar-refractivity contribution in [3.63, 3.8) is 0 Å². The molecular weight excluding hydrogens is 452 g/mol. The minimum Gasteiger partial charge on any atom is -0.465 e. The van der Waals surface area contributed by atoms with Gasteiger partial charge in [0, 0.05) is 46.8 Å². The molecule has 34 heavy (non-hydrogen) atoms. The number of hydrogen-bond acceptors (Lipinski definition) is 7. The van der Waals surface area contributed by atoms with Crippen molar-refractivity contribution in [1.82, 2.24) is 14.7 Å². The number of rotatable bonds is 8. The average Bonchev–Trinajstić information content (AvgIpc) is 3.15. The van der Waals surface area contributed by atoms with E-state index in [9.17, 15) is 14.4 Å². The minimum atomic E-state index is -0.570. The zero-order chi connectivity index (χ0) is 24.7. The fraction of sp³-hybridized carbons (Fsp3) is 0.400. The van der Waals surface area contributed by atoms with Crippen LogP contribution in [0, 0.1) is 6.92 Å². The number of nitrogens with zero attached hydrogens (tertiary/aromatic N) is 3. The first-order valence-electron chi connectivity index (χ1n) is 11.2. The molecule has 0 radical (unpaired) electrons. The van der Waals surface area contributed by atoms with E-state index in [1.54, 1.807) is 21.0 Å². The number of methoxy groups -OCH3 is 1. The Balaban J connectivity index is 1.55. The Morgan fingerprint density at radius 2 is 1.74 bits per heavy atom. The van der Waals surface area contributed by atoms with E-state index in [0.717, 1.165) is 44.1 Å². The molecule has 1 aliphatic heterocycles. The average molecular weight is 485 g/mol. The molecule has 0 saturated carbocycles. The van der Waals surface area contributed by atoms with Crippen molar-refractivity contribution >= 4 is 40.2 Å². The van der Waals surface area contributed by atoms with E-state index in [-0.39, 0.29) is 23.9 Å². The summed E-state index contributed by atoms with van der Waals surface area (Å²) < 4.78 is 4.89. The number of ether oxygens (including phenoxy) is 1. The van der Waals surface area contributed by atoms with Crippen LogP contribution < -0.4 is 5.32 Å². The predicted octanol–water partition coefficient (Wildman–Crippen LogP) is 2.81. The first-order chi connectivity index (χ1) is 16.3. The van der Waals surface area contributed by atoms with Crippen molar-refractivity contribution in [3.05, 3.63) is 58.0 Å². The number of hydrogen-bond donors (Lipinski definition) is 1. The van der Waals surface area contributed by atoms with Gasteiger partial charge in [-0.1, -0.05) is 42.5 Å². The van der Waals surface area contributed by atoms with Crippen LogP contribution in [0.4, 0.5) is 5.00 Å². The summed E-state index contributed by atoms with van der Waals surface area (Å²) in [7, 11) is 4.58. The molecule has 0 bridgehead atoms. The Bertz CT molecular complexity index is 1040. The first kappa shape index (κ1) is 25.6. The fourth-order valence-electron chi connectivity index (χ4n) is 3.76. The fourth-order valence-corrected chi connectivity index (χ4v) is 4.99. The molecule has 1 aliphatic rings. The summed E-state index contributed by atoms with van der Waals surface area (Å²) in [4.78, 5) is 43.9. The quantitative estimate of drug-likeness (QED) is 0.581. The van der Waals surface area contributed by atoms with E-state index < -0.39 is 5.97 Å².